The lowest BCUT2D eigenvalue weighted by Gasteiger charge is -2.23. The fourth-order valence-corrected chi connectivity index (χ4v) is 3.78. The molecule has 1 aromatic heterocycles. The Hall–Kier alpha value is -0.390. The first-order chi connectivity index (χ1) is 8.88. The summed E-state index contributed by atoms with van der Waals surface area (Å²) in [6, 6.07) is 4.26. The van der Waals surface area contributed by atoms with E-state index in [0.29, 0.717) is 0 Å². The van der Waals surface area contributed by atoms with Crippen LogP contribution in [0.2, 0.25) is 0 Å². The highest BCUT2D eigenvalue weighted by atomic mass is 32.2. The van der Waals surface area contributed by atoms with Crippen LogP contribution in [0.25, 0.3) is 0 Å². The summed E-state index contributed by atoms with van der Waals surface area (Å²) in [5.41, 5.74) is 0. The molecule has 0 aliphatic heterocycles. The van der Waals surface area contributed by atoms with Gasteiger partial charge in [-0.05, 0) is 44.9 Å². The van der Waals surface area contributed by atoms with Crippen LogP contribution >= 0.6 is 11.3 Å². The van der Waals surface area contributed by atoms with E-state index >= 15 is 0 Å². The summed E-state index contributed by atoms with van der Waals surface area (Å²) in [6.07, 6.45) is 4.17. The van der Waals surface area contributed by atoms with E-state index in [1.165, 1.54) is 16.0 Å². The summed E-state index contributed by atoms with van der Waals surface area (Å²) in [5, 5.41) is 3.02. The first kappa shape index (κ1) is 16.7. The molecule has 0 saturated heterocycles. The Labute approximate surface area is 121 Å². The number of rotatable bonds is 8. The van der Waals surface area contributed by atoms with Crippen LogP contribution in [-0.4, -0.2) is 32.5 Å². The molecule has 0 saturated carbocycles. The van der Waals surface area contributed by atoms with Crippen molar-refractivity contribution in [1.29, 1.82) is 0 Å². The molecule has 1 heterocycles. The second-order valence-corrected chi connectivity index (χ2v) is 8.68. The fraction of sp³-hybridized carbons (Fsp3) is 0.714. The quantitative estimate of drug-likeness (QED) is 0.803. The van der Waals surface area contributed by atoms with Gasteiger partial charge in [-0.3, -0.25) is 0 Å². The van der Waals surface area contributed by atoms with Gasteiger partial charge in [-0.15, -0.1) is 11.3 Å². The molecule has 0 amide bonds. The maximum atomic E-state index is 11.8. The van der Waals surface area contributed by atoms with E-state index in [4.69, 9.17) is 0 Å². The average molecular weight is 303 g/mol. The van der Waals surface area contributed by atoms with E-state index < -0.39 is 9.84 Å². The maximum Gasteiger partial charge on any atom is 0.151 e. The van der Waals surface area contributed by atoms with Crippen molar-refractivity contribution in [2.45, 2.75) is 51.3 Å². The number of hydrogen-bond acceptors (Lipinski definition) is 4. The number of nitrogens with one attached hydrogen (secondary N) is 1. The molecule has 3 nitrogen and oxygen atoms in total. The lowest BCUT2D eigenvalue weighted by atomic mass is 10.1. The molecule has 0 spiro atoms. The second kappa shape index (κ2) is 7.41. The van der Waals surface area contributed by atoms with Crippen LogP contribution in [-0.2, 0) is 22.7 Å². The molecule has 2 atom stereocenters. The van der Waals surface area contributed by atoms with Gasteiger partial charge in [0.15, 0.2) is 9.84 Å². The summed E-state index contributed by atoms with van der Waals surface area (Å²) in [6.45, 7) is 6.89. The minimum absolute atomic E-state index is 0.00157. The summed E-state index contributed by atoms with van der Waals surface area (Å²) < 4.78 is 23.5. The van der Waals surface area contributed by atoms with Crippen molar-refractivity contribution in [2.24, 2.45) is 0 Å². The van der Waals surface area contributed by atoms with Crippen molar-refractivity contribution in [1.82, 2.24) is 5.32 Å². The van der Waals surface area contributed by atoms with Crippen molar-refractivity contribution >= 4 is 21.2 Å². The van der Waals surface area contributed by atoms with Crippen molar-refractivity contribution < 1.29 is 8.42 Å². The first-order valence-electron chi connectivity index (χ1n) is 6.88. The third kappa shape index (κ3) is 5.24. The average Bonchev–Trinajstić information content (AvgIpc) is 2.80. The van der Waals surface area contributed by atoms with Crippen LogP contribution in [0.1, 0.15) is 36.9 Å². The summed E-state index contributed by atoms with van der Waals surface area (Å²) in [7, 11) is -3.01. The molecule has 0 fully saturated rings. The van der Waals surface area contributed by atoms with Gasteiger partial charge in [0.25, 0.3) is 0 Å². The standard InChI is InChI=1S/C14H25NO2S2/c1-5-9-15-14(11(3)19(4,16)17)10-13-8-7-12(6-2)18-13/h7-8,11,14-15H,5-6,9-10H2,1-4H3. The third-order valence-corrected chi connectivity index (χ3v) is 6.32. The second-order valence-electron chi connectivity index (χ2n) is 5.02. The first-order valence-corrected chi connectivity index (χ1v) is 9.65. The number of sulfone groups is 1. The summed E-state index contributed by atoms with van der Waals surface area (Å²) in [5.74, 6) is 0. The molecular formula is C14H25NO2S2. The van der Waals surface area contributed by atoms with Gasteiger partial charge >= 0.3 is 0 Å². The van der Waals surface area contributed by atoms with Crippen LogP contribution in [0.15, 0.2) is 12.1 Å². The largest absolute Gasteiger partial charge is 0.312 e. The zero-order valence-electron chi connectivity index (χ0n) is 12.3. The normalized spacial score (nSPS) is 15.4. The smallest absolute Gasteiger partial charge is 0.151 e. The van der Waals surface area contributed by atoms with E-state index in [1.54, 1.807) is 18.3 Å². The van der Waals surface area contributed by atoms with Crippen LogP contribution in [0, 0.1) is 0 Å². The lowest BCUT2D eigenvalue weighted by Crippen LogP contribution is -2.44. The molecule has 0 aromatic carbocycles. The predicted molar refractivity (Wildman–Crippen MR) is 83.8 cm³/mol. The van der Waals surface area contributed by atoms with Crippen LogP contribution in [0.4, 0.5) is 0 Å². The van der Waals surface area contributed by atoms with Gasteiger partial charge in [0.05, 0.1) is 5.25 Å². The van der Waals surface area contributed by atoms with E-state index in [1.807, 2.05) is 0 Å². The van der Waals surface area contributed by atoms with Gasteiger partial charge in [0.1, 0.15) is 0 Å². The Morgan fingerprint density at radius 2 is 1.89 bits per heavy atom. The third-order valence-electron chi connectivity index (χ3n) is 3.39. The SMILES string of the molecule is CCCNC(Cc1ccc(CC)s1)C(C)S(C)(=O)=O. The van der Waals surface area contributed by atoms with Crippen molar-refractivity contribution in [3.63, 3.8) is 0 Å². The topological polar surface area (TPSA) is 46.2 Å². The minimum Gasteiger partial charge on any atom is -0.312 e. The Balaban J connectivity index is 2.79. The number of aryl methyl sites for hydroxylation is 1. The molecule has 110 valence electrons. The molecule has 0 aliphatic carbocycles. The summed E-state index contributed by atoms with van der Waals surface area (Å²) >= 11 is 1.79. The van der Waals surface area contributed by atoms with Gasteiger partial charge < -0.3 is 5.32 Å². The molecule has 1 N–H and O–H groups in total. The molecule has 0 bridgehead atoms. The van der Waals surface area contributed by atoms with Crippen molar-refractivity contribution in [2.75, 3.05) is 12.8 Å². The monoisotopic (exact) mass is 303 g/mol. The number of thiophene rings is 1. The Morgan fingerprint density at radius 1 is 1.26 bits per heavy atom. The zero-order chi connectivity index (χ0) is 14.5. The van der Waals surface area contributed by atoms with Gasteiger partial charge in [0, 0.05) is 22.1 Å². The van der Waals surface area contributed by atoms with Gasteiger partial charge in [-0.2, -0.15) is 0 Å². The van der Waals surface area contributed by atoms with Crippen molar-refractivity contribution in [3.05, 3.63) is 21.9 Å². The van der Waals surface area contributed by atoms with E-state index in [2.05, 4.69) is 31.3 Å². The van der Waals surface area contributed by atoms with E-state index in [0.717, 1.165) is 25.8 Å². The van der Waals surface area contributed by atoms with Crippen molar-refractivity contribution in [3.8, 4) is 0 Å². The van der Waals surface area contributed by atoms with Crippen LogP contribution < -0.4 is 5.32 Å². The molecule has 1 aromatic rings. The molecule has 1 rings (SSSR count). The number of hydrogen-bond donors (Lipinski definition) is 1. The Morgan fingerprint density at radius 3 is 2.37 bits per heavy atom. The fourth-order valence-electron chi connectivity index (χ4n) is 1.97. The zero-order valence-corrected chi connectivity index (χ0v) is 13.9. The summed E-state index contributed by atoms with van der Waals surface area (Å²) in [4.78, 5) is 2.62. The molecule has 5 heteroatoms. The highest BCUT2D eigenvalue weighted by molar-refractivity contribution is 7.91. The van der Waals surface area contributed by atoms with Crippen LogP contribution in [0.3, 0.4) is 0 Å². The molecule has 2 unspecified atom stereocenters. The molecule has 0 aliphatic rings. The minimum atomic E-state index is -3.01. The molecule has 0 radical (unpaired) electrons. The van der Waals surface area contributed by atoms with E-state index in [-0.39, 0.29) is 11.3 Å². The van der Waals surface area contributed by atoms with Crippen LogP contribution in [0.5, 0.6) is 0 Å². The van der Waals surface area contributed by atoms with Gasteiger partial charge in [-0.25, -0.2) is 8.42 Å². The highest BCUT2D eigenvalue weighted by Gasteiger charge is 2.25. The van der Waals surface area contributed by atoms with E-state index in [9.17, 15) is 8.42 Å². The molecule has 19 heavy (non-hydrogen) atoms. The highest BCUT2D eigenvalue weighted by Crippen LogP contribution is 2.20. The lowest BCUT2D eigenvalue weighted by molar-refractivity contribution is 0.484. The predicted octanol–water partition coefficient (Wildman–Crippen LogP) is 2.65. The Bertz CT molecular complexity index is 479. The Kier molecular flexibility index (Phi) is 6.50. The molecular weight excluding hydrogens is 278 g/mol. The maximum absolute atomic E-state index is 11.8. The van der Waals surface area contributed by atoms with Gasteiger partial charge in [-0.1, -0.05) is 13.8 Å². The van der Waals surface area contributed by atoms with Gasteiger partial charge in [0.2, 0.25) is 0 Å².